The first-order valence-electron chi connectivity index (χ1n) is 6.97. The van der Waals surface area contributed by atoms with Crippen LogP contribution in [0.25, 0.3) is 0 Å². The first-order chi connectivity index (χ1) is 9.10. The van der Waals surface area contributed by atoms with E-state index < -0.39 is 5.97 Å². The molecule has 2 aliphatic rings. The smallest absolute Gasteiger partial charge is 0.337 e. The highest BCUT2D eigenvalue weighted by Gasteiger charge is 2.44. The highest BCUT2D eigenvalue weighted by Crippen LogP contribution is 2.46. The number of rotatable bonds is 2. The number of hydrogen-bond donors (Lipinski definition) is 2. The Hall–Kier alpha value is -1.71. The molecule has 102 valence electrons. The Kier molecular flexibility index (Phi) is 2.88. The Morgan fingerprint density at radius 1 is 1.21 bits per heavy atom. The van der Waals surface area contributed by atoms with Crippen LogP contribution in [-0.2, 0) is 0 Å². The van der Waals surface area contributed by atoms with Crippen molar-refractivity contribution in [2.75, 3.05) is 23.7 Å². The normalized spacial score (nSPS) is 21.2. The number of carboxylic acids is 1. The number of benzene rings is 1. The molecule has 1 saturated carbocycles. The van der Waals surface area contributed by atoms with Gasteiger partial charge < -0.3 is 15.7 Å². The van der Waals surface area contributed by atoms with Crippen molar-refractivity contribution in [3.8, 4) is 0 Å². The van der Waals surface area contributed by atoms with E-state index in [0.29, 0.717) is 16.7 Å². The molecule has 1 heterocycles. The lowest BCUT2D eigenvalue weighted by Gasteiger charge is -2.54. The van der Waals surface area contributed by atoms with Crippen LogP contribution >= 0.6 is 0 Å². The summed E-state index contributed by atoms with van der Waals surface area (Å²) in [5, 5.41) is 9.28. The fraction of sp³-hybridized carbons (Fsp3) is 0.533. The van der Waals surface area contributed by atoms with Gasteiger partial charge in [-0.05, 0) is 31.0 Å². The second-order valence-corrected chi connectivity index (χ2v) is 6.00. The number of nitrogens with zero attached hydrogens (tertiary/aromatic N) is 1. The molecule has 1 aromatic carbocycles. The minimum Gasteiger partial charge on any atom is -0.478 e. The van der Waals surface area contributed by atoms with Gasteiger partial charge >= 0.3 is 5.97 Å². The summed E-state index contributed by atoms with van der Waals surface area (Å²) in [7, 11) is 0. The zero-order valence-corrected chi connectivity index (χ0v) is 11.1. The predicted octanol–water partition coefficient (Wildman–Crippen LogP) is 2.74. The molecule has 3 rings (SSSR count). The summed E-state index contributed by atoms with van der Waals surface area (Å²) in [6.45, 7) is 1.99. The Morgan fingerprint density at radius 3 is 2.53 bits per heavy atom. The maximum absolute atomic E-state index is 11.3. The van der Waals surface area contributed by atoms with Gasteiger partial charge in [0.05, 0.1) is 11.3 Å². The molecule has 0 aromatic heterocycles. The molecule has 3 N–H and O–H groups in total. The summed E-state index contributed by atoms with van der Waals surface area (Å²) in [6, 6.07) is 5.19. The average molecular weight is 260 g/mol. The van der Waals surface area contributed by atoms with Crippen LogP contribution in [0.2, 0.25) is 0 Å². The highest BCUT2D eigenvalue weighted by atomic mass is 16.4. The molecule has 0 bridgehead atoms. The van der Waals surface area contributed by atoms with Crippen LogP contribution in [0.15, 0.2) is 18.2 Å². The topological polar surface area (TPSA) is 66.6 Å². The zero-order valence-electron chi connectivity index (χ0n) is 11.1. The van der Waals surface area contributed by atoms with Gasteiger partial charge in [-0.2, -0.15) is 0 Å². The van der Waals surface area contributed by atoms with E-state index in [1.54, 1.807) is 12.1 Å². The van der Waals surface area contributed by atoms with Crippen molar-refractivity contribution >= 4 is 17.3 Å². The molecular formula is C15H20N2O2. The quantitative estimate of drug-likeness (QED) is 0.802. The molecule has 1 saturated heterocycles. The molecule has 1 aromatic rings. The minimum atomic E-state index is -0.896. The van der Waals surface area contributed by atoms with Crippen LogP contribution in [-0.4, -0.2) is 24.2 Å². The van der Waals surface area contributed by atoms with Crippen LogP contribution in [0.4, 0.5) is 11.4 Å². The van der Waals surface area contributed by atoms with Crippen molar-refractivity contribution in [3.05, 3.63) is 23.8 Å². The lowest BCUT2D eigenvalue weighted by atomic mass is 9.68. The Morgan fingerprint density at radius 2 is 1.89 bits per heavy atom. The lowest BCUT2D eigenvalue weighted by molar-refractivity contribution is 0.0695. The highest BCUT2D eigenvalue weighted by molar-refractivity contribution is 5.95. The zero-order chi connectivity index (χ0) is 13.5. The predicted molar refractivity (Wildman–Crippen MR) is 75.5 cm³/mol. The van der Waals surface area contributed by atoms with Crippen molar-refractivity contribution < 1.29 is 9.90 Å². The maximum atomic E-state index is 11.3. The van der Waals surface area contributed by atoms with Crippen LogP contribution < -0.4 is 10.6 Å². The molecule has 0 unspecified atom stereocenters. The molecule has 0 amide bonds. The second-order valence-electron chi connectivity index (χ2n) is 6.00. The molecule has 19 heavy (non-hydrogen) atoms. The van der Waals surface area contributed by atoms with Gasteiger partial charge in [-0.1, -0.05) is 19.3 Å². The number of carbonyl (C=O) groups is 1. The van der Waals surface area contributed by atoms with Crippen molar-refractivity contribution in [2.24, 2.45) is 5.41 Å². The van der Waals surface area contributed by atoms with E-state index >= 15 is 0 Å². The summed E-state index contributed by atoms with van der Waals surface area (Å²) in [5.41, 5.74) is 7.78. The third-order valence-corrected chi connectivity index (χ3v) is 4.56. The molecule has 1 aliphatic heterocycles. The number of nitrogens with two attached hydrogens (primary N) is 1. The number of carboxylic acid groups (broad SMARTS) is 1. The monoisotopic (exact) mass is 260 g/mol. The van der Waals surface area contributed by atoms with E-state index in [9.17, 15) is 9.90 Å². The first kappa shape index (κ1) is 12.3. The molecule has 0 atom stereocenters. The molecular weight excluding hydrogens is 240 g/mol. The Labute approximate surface area is 113 Å². The van der Waals surface area contributed by atoms with Crippen molar-refractivity contribution in [1.29, 1.82) is 0 Å². The van der Waals surface area contributed by atoms with Gasteiger partial charge in [0, 0.05) is 24.2 Å². The van der Waals surface area contributed by atoms with Gasteiger partial charge in [0.25, 0.3) is 0 Å². The molecule has 4 nitrogen and oxygen atoms in total. The van der Waals surface area contributed by atoms with Gasteiger partial charge in [-0.3, -0.25) is 0 Å². The van der Waals surface area contributed by atoms with Crippen molar-refractivity contribution in [1.82, 2.24) is 0 Å². The number of hydrogen-bond acceptors (Lipinski definition) is 3. The third-order valence-electron chi connectivity index (χ3n) is 4.56. The third kappa shape index (κ3) is 2.15. The number of anilines is 2. The van der Waals surface area contributed by atoms with Crippen molar-refractivity contribution in [2.45, 2.75) is 32.1 Å². The largest absolute Gasteiger partial charge is 0.478 e. The average Bonchev–Trinajstić information content (AvgIpc) is 2.37. The van der Waals surface area contributed by atoms with E-state index in [1.807, 2.05) is 6.07 Å². The number of nitrogen functional groups attached to an aromatic ring is 1. The van der Waals surface area contributed by atoms with Gasteiger partial charge in [-0.15, -0.1) is 0 Å². The second kappa shape index (κ2) is 4.44. The molecule has 0 radical (unpaired) electrons. The van der Waals surface area contributed by atoms with Crippen LogP contribution in [0.3, 0.4) is 0 Å². The van der Waals surface area contributed by atoms with E-state index in [4.69, 9.17) is 5.73 Å². The van der Waals surface area contributed by atoms with Gasteiger partial charge in [-0.25, -0.2) is 4.79 Å². The summed E-state index contributed by atoms with van der Waals surface area (Å²) in [6.07, 6.45) is 6.58. The Bertz CT molecular complexity index is 499. The summed E-state index contributed by atoms with van der Waals surface area (Å²) < 4.78 is 0. The van der Waals surface area contributed by atoms with Crippen molar-refractivity contribution in [3.63, 3.8) is 0 Å². The van der Waals surface area contributed by atoms with Gasteiger partial charge in [0.2, 0.25) is 0 Å². The van der Waals surface area contributed by atoms with Gasteiger partial charge in [0.15, 0.2) is 0 Å². The van der Waals surface area contributed by atoms with E-state index in [0.717, 1.165) is 18.8 Å². The lowest BCUT2D eigenvalue weighted by Crippen LogP contribution is -2.57. The SMILES string of the molecule is Nc1ccc(N2CC3(CCCCC3)C2)c(C(=O)O)c1. The van der Waals surface area contributed by atoms with E-state index in [-0.39, 0.29) is 0 Å². The van der Waals surface area contributed by atoms with Crippen LogP contribution in [0.5, 0.6) is 0 Å². The molecule has 1 spiro atoms. The maximum Gasteiger partial charge on any atom is 0.337 e. The van der Waals surface area contributed by atoms with E-state index in [1.165, 1.54) is 32.1 Å². The minimum absolute atomic E-state index is 0.325. The summed E-state index contributed by atoms with van der Waals surface area (Å²) >= 11 is 0. The molecule has 2 fully saturated rings. The van der Waals surface area contributed by atoms with Gasteiger partial charge in [0.1, 0.15) is 0 Å². The first-order valence-corrected chi connectivity index (χ1v) is 6.97. The molecule has 4 heteroatoms. The Balaban J connectivity index is 1.79. The standard InChI is InChI=1S/C15H20N2O2/c16-11-4-5-13(12(8-11)14(18)19)17-9-15(10-17)6-2-1-3-7-15/h4-5,8H,1-3,6-7,9-10,16H2,(H,18,19). The van der Waals surface area contributed by atoms with Crippen LogP contribution in [0, 0.1) is 5.41 Å². The number of aromatic carboxylic acids is 1. The summed E-state index contributed by atoms with van der Waals surface area (Å²) in [5.74, 6) is -0.896. The fourth-order valence-electron chi connectivity index (χ4n) is 3.55. The fourth-order valence-corrected chi connectivity index (χ4v) is 3.55. The molecule has 1 aliphatic carbocycles. The summed E-state index contributed by atoms with van der Waals surface area (Å²) in [4.78, 5) is 13.5. The van der Waals surface area contributed by atoms with Crippen LogP contribution in [0.1, 0.15) is 42.5 Å². The van der Waals surface area contributed by atoms with E-state index in [2.05, 4.69) is 4.90 Å².